The summed E-state index contributed by atoms with van der Waals surface area (Å²) >= 11 is 0. The van der Waals surface area contributed by atoms with Crippen LogP contribution in [-0.2, 0) is 4.79 Å². The van der Waals surface area contributed by atoms with E-state index in [1.807, 2.05) is 32.0 Å². The Morgan fingerprint density at radius 3 is 2.23 bits per heavy atom. The van der Waals surface area contributed by atoms with E-state index in [2.05, 4.69) is 5.48 Å². The molecule has 3 nitrogen and oxygen atoms in total. The lowest BCUT2D eigenvalue weighted by molar-refractivity contribution is -0.125. The number of aryl methyl sites for hydroxylation is 2. The molecular formula is C10H13NO2. The van der Waals surface area contributed by atoms with Crippen LogP contribution in [0.4, 0.5) is 0 Å². The summed E-state index contributed by atoms with van der Waals surface area (Å²) in [5.74, 6) is 0.451. The van der Waals surface area contributed by atoms with Gasteiger partial charge in [0.05, 0.1) is 0 Å². The second-order valence-corrected chi connectivity index (χ2v) is 3.08. The third kappa shape index (κ3) is 3.15. The fraction of sp³-hybridized carbons (Fsp3) is 0.300. The SMILES string of the molecule is CC(=O)NOc1cc(C)cc(C)c1. The Bertz CT molecular complexity index is 300. The summed E-state index contributed by atoms with van der Waals surface area (Å²) in [7, 11) is 0. The quantitative estimate of drug-likeness (QED) is 0.702. The number of hydrogen-bond acceptors (Lipinski definition) is 2. The molecule has 1 aromatic carbocycles. The molecule has 1 N–H and O–H groups in total. The van der Waals surface area contributed by atoms with Crippen LogP contribution < -0.4 is 10.3 Å². The molecule has 0 spiro atoms. The molecule has 70 valence electrons. The summed E-state index contributed by atoms with van der Waals surface area (Å²) in [4.78, 5) is 15.6. The highest BCUT2D eigenvalue weighted by atomic mass is 16.7. The normalized spacial score (nSPS) is 9.46. The van der Waals surface area contributed by atoms with Crippen LogP contribution in [0.25, 0.3) is 0 Å². The van der Waals surface area contributed by atoms with E-state index in [0.29, 0.717) is 5.75 Å². The standard InChI is InChI=1S/C10H13NO2/c1-7-4-8(2)6-10(5-7)13-11-9(3)12/h4-6H,1-3H3,(H,11,12). The van der Waals surface area contributed by atoms with E-state index in [4.69, 9.17) is 4.84 Å². The summed E-state index contributed by atoms with van der Waals surface area (Å²) in [6, 6.07) is 5.77. The van der Waals surface area contributed by atoms with Gasteiger partial charge < -0.3 is 4.84 Å². The minimum Gasteiger partial charge on any atom is -0.380 e. The molecule has 0 aliphatic heterocycles. The molecule has 0 saturated carbocycles. The molecule has 3 heteroatoms. The Labute approximate surface area is 77.7 Å². The Balaban J connectivity index is 2.71. The van der Waals surface area contributed by atoms with Crippen LogP contribution in [-0.4, -0.2) is 5.91 Å². The van der Waals surface area contributed by atoms with E-state index in [0.717, 1.165) is 11.1 Å². The Morgan fingerprint density at radius 1 is 1.23 bits per heavy atom. The van der Waals surface area contributed by atoms with Crippen molar-refractivity contribution in [3.63, 3.8) is 0 Å². The number of carbonyl (C=O) groups excluding carboxylic acids is 1. The Morgan fingerprint density at radius 2 is 1.77 bits per heavy atom. The summed E-state index contributed by atoms with van der Waals surface area (Å²) in [5.41, 5.74) is 4.50. The summed E-state index contributed by atoms with van der Waals surface area (Å²) in [5, 5.41) is 0. The maximum atomic E-state index is 10.6. The molecule has 0 radical (unpaired) electrons. The van der Waals surface area contributed by atoms with Crippen molar-refractivity contribution in [3.8, 4) is 5.75 Å². The Kier molecular flexibility index (Phi) is 2.90. The van der Waals surface area contributed by atoms with Gasteiger partial charge in [0.25, 0.3) is 0 Å². The van der Waals surface area contributed by atoms with Gasteiger partial charge in [-0.05, 0) is 37.1 Å². The second kappa shape index (κ2) is 3.94. The molecule has 0 bridgehead atoms. The predicted octanol–water partition coefficient (Wildman–Crippen LogP) is 1.73. The zero-order valence-corrected chi connectivity index (χ0v) is 8.05. The molecule has 0 heterocycles. The van der Waals surface area contributed by atoms with Crippen molar-refractivity contribution in [2.24, 2.45) is 0 Å². The zero-order valence-electron chi connectivity index (χ0n) is 8.05. The first-order chi connectivity index (χ1) is 6.08. The zero-order chi connectivity index (χ0) is 9.84. The van der Waals surface area contributed by atoms with Crippen molar-refractivity contribution in [1.29, 1.82) is 0 Å². The average molecular weight is 179 g/mol. The number of rotatable bonds is 2. The van der Waals surface area contributed by atoms with Gasteiger partial charge in [-0.1, -0.05) is 6.07 Å². The molecule has 0 unspecified atom stereocenters. The second-order valence-electron chi connectivity index (χ2n) is 3.08. The molecule has 0 atom stereocenters. The fourth-order valence-electron chi connectivity index (χ4n) is 1.12. The molecule has 1 amide bonds. The van der Waals surface area contributed by atoms with Gasteiger partial charge >= 0.3 is 0 Å². The highest BCUT2D eigenvalue weighted by Gasteiger charge is 1.97. The molecule has 0 aromatic heterocycles. The van der Waals surface area contributed by atoms with Crippen LogP contribution >= 0.6 is 0 Å². The van der Waals surface area contributed by atoms with E-state index in [-0.39, 0.29) is 5.91 Å². The lowest BCUT2D eigenvalue weighted by atomic mass is 10.1. The first kappa shape index (κ1) is 9.58. The van der Waals surface area contributed by atoms with Gasteiger partial charge in [0, 0.05) is 6.92 Å². The monoisotopic (exact) mass is 179 g/mol. The molecule has 1 rings (SSSR count). The molecule has 0 aliphatic carbocycles. The highest BCUT2D eigenvalue weighted by molar-refractivity contribution is 5.71. The topological polar surface area (TPSA) is 38.3 Å². The van der Waals surface area contributed by atoms with Gasteiger partial charge in [0.15, 0.2) is 5.75 Å². The van der Waals surface area contributed by atoms with Crippen LogP contribution in [0.1, 0.15) is 18.1 Å². The molecule has 13 heavy (non-hydrogen) atoms. The molecule has 1 aromatic rings. The van der Waals surface area contributed by atoms with Crippen LogP contribution in [0.5, 0.6) is 5.75 Å². The van der Waals surface area contributed by atoms with Crippen LogP contribution in [0.15, 0.2) is 18.2 Å². The van der Waals surface area contributed by atoms with E-state index < -0.39 is 0 Å². The van der Waals surface area contributed by atoms with Crippen molar-refractivity contribution >= 4 is 5.91 Å². The number of carbonyl (C=O) groups is 1. The minimum absolute atomic E-state index is 0.209. The van der Waals surface area contributed by atoms with E-state index in [9.17, 15) is 4.79 Å². The van der Waals surface area contributed by atoms with Gasteiger partial charge in [-0.2, -0.15) is 5.48 Å². The predicted molar refractivity (Wildman–Crippen MR) is 50.4 cm³/mol. The first-order valence-electron chi connectivity index (χ1n) is 4.09. The maximum absolute atomic E-state index is 10.6. The van der Waals surface area contributed by atoms with Gasteiger partial charge in [-0.3, -0.25) is 4.79 Å². The number of benzene rings is 1. The number of nitrogens with one attached hydrogen (secondary N) is 1. The number of hydroxylamine groups is 1. The average Bonchev–Trinajstić information content (AvgIpc) is 1.99. The third-order valence-electron chi connectivity index (χ3n) is 1.51. The number of hydrogen-bond donors (Lipinski definition) is 1. The summed E-state index contributed by atoms with van der Waals surface area (Å²) in [6.07, 6.45) is 0. The van der Waals surface area contributed by atoms with Crippen LogP contribution in [0.2, 0.25) is 0 Å². The van der Waals surface area contributed by atoms with Crippen molar-refractivity contribution < 1.29 is 9.63 Å². The van der Waals surface area contributed by atoms with Gasteiger partial charge in [0.2, 0.25) is 5.91 Å². The van der Waals surface area contributed by atoms with Crippen LogP contribution in [0, 0.1) is 13.8 Å². The summed E-state index contributed by atoms with van der Waals surface area (Å²) < 4.78 is 0. The van der Waals surface area contributed by atoms with E-state index in [1.54, 1.807) is 0 Å². The molecular weight excluding hydrogens is 166 g/mol. The smallest absolute Gasteiger partial charge is 0.249 e. The van der Waals surface area contributed by atoms with Crippen molar-refractivity contribution in [2.75, 3.05) is 0 Å². The Hall–Kier alpha value is -1.51. The lowest BCUT2D eigenvalue weighted by Gasteiger charge is -2.06. The maximum Gasteiger partial charge on any atom is 0.249 e. The van der Waals surface area contributed by atoms with Crippen molar-refractivity contribution in [2.45, 2.75) is 20.8 Å². The van der Waals surface area contributed by atoms with Gasteiger partial charge in [-0.25, -0.2) is 0 Å². The minimum atomic E-state index is -0.209. The van der Waals surface area contributed by atoms with Crippen LogP contribution in [0.3, 0.4) is 0 Å². The highest BCUT2D eigenvalue weighted by Crippen LogP contribution is 2.14. The summed E-state index contributed by atoms with van der Waals surface area (Å²) in [6.45, 7) is 5.36. The van der Waals surface area contributed by atoms with E-state index in [1.165, 1.54) is 6.92 Å². The van der Waals surface area contributed by atoms with Gasteiger partial charge in [0.1, 0.15) is 0 Å². The number of amides is 1. The third-order valence-corrected chi connectivity index (χ3v) is 1.51. The van der Waals surface area contributed by atoms with Gasteiger partial charge in [-0.15, -0.1) is 0 Å². The first-order valence-corrected chi connectivity index (χ1v) is 4.09. The largest absolute Gasteiger partial charge is 0.380 e. The van der Waals surface area contributed by atoms with Crippen molar-refractivity contribution in [3.05, 3.63) is 29.3 Å². The molecule has 0 fully saturated rings. The lowest BCUT2D eigenvalue weighted by Crippen LogP contribution is -2.23. The molecule has 0 saturated heterocycles. The van der Waals surface area contributed by atoms with E-state index >= 15 is 0 Å². The fourth-order valence-corrected chi connectivity index (χ4v) is 1.12. The molecule has 0 aliphatic rings. The van der Waals surface area contributed by atoms with Crippen molar-refractivity contribution in [1.82, 2.24) is 5.48 Å².